The monoisotopic (exact) mass is 414 g/mol. The van der Waals surface area contributed by atoms with Crippen molar-refractivity contribution in [1.29, 1.82) is 0 Å². The van der Waals surface area contributed by atoms with Crippen LogP contribution in [-0.4, -0.2) is 45.1 Å². The van der Waals surface area contributed by atoms with Gasteiger partial charge in [-0.1, -0.05) is 42.0 Å². The Bertz CT molecular complexity index is 1180. The van der Waals surface area contributed by atoms with E-state index in [1.54, 1.807) is 0 Å². The van der Waals surface area contributed by atoms with E-state index >= 15 is 0 Å². The number of likely N-dealkylation sites (N-methyl/N-ethyl adjacent to an activating group) is 1. The Morgan fingerprint density at radius 1 is 0.935 bits per heavy atom. The predicted molar refractivity (Wildman–Crippen MR) is 126 cm³/mol. The van der Waals surface area contributed by atoms with Gasteiger partial charge in [-0.25, -0.2) is 15.0 Å². The lowest BCUT2D eigenvalue weighted by atomic mass is 10.0. The largest absolute Gasteiger partial charge is 0.368 e. The summed E-state index contributed by atoms with van der Waals surface area (Å²) in [7, 11) is 4.21. The maximum Gasteiger partial charge on any atom is 0.130 e. The molecule has 0 aliphatic carbocycles. The Morgan fingerprint density at radius 3 is 2.42 bits per heavy atom. The summed E-state index contributed by atoms with van der Waals surface area (Å²) in [5.41, 5.74) is 5.66. The van der Waals surface area contributed by atoms with Crippen LogP contribution in [-0.2, 0) is 6.54 Å². The second-order valence-electron chi connectivity index (χ2n) is 8.30. The minimum atomic E-state index is 0.249. The first-order valence-electron chi connectivity index (χ1n) is 10.6. The Labute approximate surface area is 184 Å². The highest BCUT2D eigenvalue weighted by Crippen LogP contribution is 2.21. The van der Waals surface area contributed by atoms with Crippen molar-refractivity contribution in [2.24, 2.45) is 0 Å². The molecule has 0 spiro atoms. The molecule has 1 N–H and O–H groups in total. The molecule has 0 bridgehead atoms. The van der Waals surface area contributed by atoms with Crippen molar-refractivity contribution in [3.8, 4) is 0 Å². The summed E-state index contributed by atoms with van der Waals surface area (Å²) in [6, 6.07) is 19.2. The Hall–Kier alpha value is -3.25. The molecule has 0 amide bonds. The number of imidazole rings is 1. The quantitative estimate of drug-likeness (QED) is 0.482. The van der Waals surface area contributed by atoms with Gasteiger partial charge in [0, 0.05) is 12.6 Å². The summed E-state index contributed by atoms with van der Waals surface area (Å²) < 4.78 is 2.20. The van der Waals surface area contributed by atoms with E-state index in [1.165, 1.54) is 11.1 Å². The number of para-hydroxylation sites is 2. The van der Waals surface area contributed by atoms with Crippen LogP contribution < -0.4 is 5.32 Å². The van der Waals surface area contributed by atoms with Crippen molar-refractivity contribution in [2.75, 3.05) is 26.0 Å². The van der Waals surface area contributed by atoms with Crippen LogP contribution in [0.3, 0.4) is 0 Å². The van der Waals surface area contributed by atoms with Gasteiger partial charge in [0.25, 0.3) is 0 Å². The first-order chi connectivity index (χ1) is 14.9. The van der Waals surface area contributed by atoms with Gasteiger partial charge < -0.3 is 14.8 Å². The van der Waals surface area contributed by atoms with Gasteiger partial charge in [0.15, 0.2) is 0 Å². The van der Waals surface area contributed by atoms with E-state index in [0.717, 1.165) is 40.7 Å². The fraction of sp³-hybridized carbons (Fsp3) is 0.320. The molecule has 6 heteroatoms. The summed E-state index contributed by atoms with van der Waals surface area (Å²) in [6.07, 6.45) is 0. The van der Waals surface area contributed by atoms with Gasteiger partial charge in [-0.15, -0.1) is 0 Å². The van der Waals surface area contributed by atoms with Gasteiger partial charge in [-0.05, 0) is 52.6 Å². The van der Waals surface area contributed by atoms with E-state index in [-0.39, 0.29) is 6.04 Å². The van der Waals surface area contributed by atoms with Crippen molar-refractivity contribution < 1.29 is 0 Å². The molecule has 0 saturated carbocycles. The van der Waals surface area contributed by atoms with Gasteiger partial charge in [0.05, 0.1) is 29.3 Å². The van der Waals surface area contributed by atoms with Crippen LogP contribution in [0.2, 0.25) is 0 Å². The van der Waals surface area contributed by atoms with Crippen LogP contribution in [0.4, 0.5) is 5.82 Å². The summed E-state index contributed by atoms with van der Waals surface area (Å²) >= 11 is 0. The maximum absolute atomic E-state index is 4.68. The van der Waals surface area contributed by atoms with Gasteiger partial charge >= 0.3 is 0 Å². The Morgan fingerprint density at radius 2 is 1.68 bits per heavy atom. The SMILES string of the molecule is Cc1ccc(C(CNc2cc(Cn3c(C)nc4ccccc43)nc(C)n2)N(C)C)cc1. The summed E-state index contributed by atoms with van der Waals surface area (Å²) in [6.45, 7) is 7.52. The number of rotatable bonds is 7. The van der Waals surface area contributed by atoms with Crippen molar-refractivity contribution in [3.05, 3.63) is 83.1 Å². The van der Waals surface area contributed by atoms with Crippen molar-refractivity contribution in [3.63, 3.8) is 0 Å². The lowest BCUT2D eigenvalue weighted by molar-refractivity contribution is 0.311. The van der Waals surface area contributed by atoms with Crippen LogP contribution in [0.25, 0.3) is 11.0 Å². The summed E-state index contributed by atoms with van der Waals surface area (Å²) in [4.78, 5) is 16.2. The number of aromatic nitrogens is 4. The van der Waals surface area contributed by atoms with E-state index < -0.39 is 0 Å². The fourth-order valence-corrected chi connectivity index (χ4v) is 3.95. The second kappa shape index (κ2) is 8.86. The Kier molecular flexibility index (Phi) is 6.00. The second-order valence-corrected chi connectivity index (χ2v) is 8.30. The minimum Gasteiger partial charge on any atom is -0.368 e. The molecule has 2 aromatic heterocycles. The highest BCUT2D eigenvalue weighted by Gasteiger charge is 2.15. The van der Waals surface area contributed by atoms with Gasteiger partial charge in [0.2, 0.25) is 0 Å². The predicted octanol–water partition coefficient (Wildman–Crippen LogP) is 4.51. The molecule has 1 unspecified atom stereocenters. The highest BCUT2D eigenvalue weighted by atomic mass is 15.1. The molecule has 4 rings (SSSR count). The number of hydrogen-bond donors (Lipinski definition) is 1. The fourth-order valence-electron chi connectivity index (χ4n) is 3.95. The minimum absolute atomic E-state index is 0.249. The topological polar surface area (TPSA) is 58.9 Å². The van der Waals surface area contributed by atoms with Crippen LogP contribution in [0.5, 0.6) is 0 Å². The van der Waals surface area contributed by atoms with Crippen molar-refractivity contribution >= 4 is 16.9 Å². The average molecular weight is 415 g/mol. The standard InChI is InChI=1S/C25H30N6/c1-17-10-12-20(13-11-17)24(30(4)5)15-26-25-14-21(27-18(2)28-25)16-31-19(3)29-22-8-6-7-9-23(22)31/h6-14,24H,15-16H2,1-5H3,(H,26,27,28). The molecule has 0 aliphatic rings. The molecule has 0 radical (unpaired) electrons. The lowest BCUT2D eigenvalue weighted by Gasteiger charge is -2.25. The third-order valence-corrected chi connectivity index (χ3v) is 5.62. The van der Waals surface area contributed by atoms with E-state index in [9.17, 15) is 0 Å². The van der Waals surface area contributed by atoms with E-state index in [4.69, 9.17) is 0 Å². The zero-order chi connectivity index (χ0) is 22.0. The number of anilines is 1. The smallest absolute Gasteiger partial charge is 0.130 e. The van der Waals surface area contributed by atoms with E-state index in [2.05, 4.69) is 81.1 Å². The molecule has 2 aromatic carbocycles. The normalized spacial score (nSPS) is 12.5. The number of benzene rings is 2. The molecule has 0 saturated heterocycles. The van der Waals surface area contributed by atoms with Crippen LogP contribution in [0, 0.1) is 20.8 Å². The number of nitrogens with zero attached hydrogens (tertiary/aromatic N) is 5. The van der Waals surface area contributed by atoms with Crippen molar-refractivity contribution in [1.82, 2.24) is 24.4 Å². The first-order valence-corrected chi connectivity index (χ1v) is 10.6. The molecule has 0 aliphatic heterocycles. The van der Waals surface area contributed by atoms with Gasteiger partial charge in [-0.2, -0.15) is 0 Å². The van der Waals surface area contributed by atoms with Gasteiger partial charge in [-0.3, -0.25) is 0 Å². The molecule has 2 heterocycles. The molecule has 31 heavy (non-hydrogen) atoms. The third kappa shape index (κ3) is 4.75. The number of hydrogen-bond acceptors (Lipinski definition) is 5. The van der Waals surface area contributed by atoms with Crippen LogP contribution in [0.1, 0.15) is 34.5 Å². The van der Waals surface area contributed by atoms with Crippen LogP contribution in [0.15, 0.2) is 54.6 Å². The lowest BCUT2D eigenvalue weighted by Crippen LogP contribution is -2.27. The number of nitrogens with one attached hydrogen (secondary N) is 1. The average Bonchev–Trinajstić information content (AvgIpc) is 3.04. The molecule has 160 valence electrons. The summed E-state index contributed by atoms with van der Waals surface area (Å²) in [5.74, 6) is 2.60. The van der Waals surface area contributed by atoms with Crippen molar-refractivity contribution in [2.45, 2.75) is 33.4 Å². The molecule has 4 aromatic rings. The highest BCUT2D eigenvalue weighted by molar-refractivity contribution is 5.75. The first kappa shape index (κ1) is 21.0. The molecular weight excluding hydrogens is 384 g/mol. The number of fused-ring (bicyclic) bond motifs is 1. The molecule has 1 atom stereocenters. The Balaban J connectivity index is 1.54. The third-order valence-electron chi connectivity index (χ3n) is 5.62. The van der Waals surface area contributed by atoms with Gasteiger partial charge in [0.1, 0.15) is 17.5 Å². The van der Waals surface area contributed by atoms with Crippen LogP contribution >= 0.6 is 0 Å². The number of aryl methyl sites for hydroxylation is 3. The zero-order valence-corrected chi connectivity index (χ0v) is 18.9. The molecular formula is C25H30N6. The zero-order valence-electron chi connectivity index (χ0n) is 18.9. The molecule has 6 nitrogen and oxygen atoms in total. The van der Waals surface area contributed by atoms with E-state index in [1.807, 2.05) is 38.1 Å². The van der Waals surface area contributed by atoms with E-state index in [0.29, 0.717) is 6.54 Å². The molecule has 0 fully saturated rings. The summed E-state index contributed by atoms with van der Waals surface area (Å²) in [5, 5.41) is 3.53. The maximum atomic E-state index is 4.68.